The number of anilines is 1. The maximum atomic E-state index is 13.2. The molecule has 2 rings (SSSR count). The number of nitrogens with one attached hydrogen (secondary N) is 1. The number of benzene rings is 2. The van der Waals surface area contributed by atoms with Gasteiger partial charge in [0.05, 0.1) is 19.7 Å². The van der Waals surface area contributed by atoms with Crippen LogP contribution in [0.4, 0.5) is 14.5 Å². The van der Waals surface area contributed by atoms with Gasteiger partial charge in [-0.15, -0.1) is 0 Å². The van der Waals surface area contributed by atoms with Crippen molar-refractivity contribution in [3.05, 3.63) is 54.1 Å². The molecule has 5 nitrogen and oxygen atoms in total. The quantitative estimate of drug-likeness (QED) is 0.695. The summed E-state index contributed by atoms with van der Waals surface area (Å²) in [5, 5.41) is 2.71. The van der Waals surface area contributed by atoms with Crippen LogP contribution < -0.4 is 19.7 Å². The van der Waals surface area contributed by atoms with Crippen molar-refractivity contribution in [2.24, 2.45) is 0 Å². The second-order valence-electron chi connectivity index (χ2n) is 5.56. The first kappa shape index (κ1) is 19.5. The first-order valence-electron chi connectivity index (χ1n) is 8.28. The lowest BCUT2D eigenvalue weighted by Crippen LogP contribution is -2.37. The van der Waals surface area contributed by atoms with E-state index in [9.17, 15) is 13.6 Å². The van der Waals surface area contributed by atoms with Crippen molar-refractivity contribution in [2.45, 2.75) is 6.92 Å². The summed E-state index contributed by atoms with van der Waals surface area (Å²) in [6, 6.07) is 10.7. The molecule has 7 heteroatoms. The van der Waals surface area contributed by atoms with Gasteiger partial charge >= 0.3 is 0 Å². The molecule has 0 bridgehead atoms. The van der Waals surface area contributed by atoms with E-state index >= 15 is 0 Å². The minimum Gasteiger partial charge on any atom is -0.494 e. The molecule has 0 aromatic heterocycles. The van der Waals surface area contributed by atoms with E-state index in [1.165, 1.54) is 11.0 Å². The van der Waals surface area contributed by atoms with Gasteiger partial charge < -0.3 is 19.7 Å². The van der Waals surface area contributed by atoms with Crippen molar-refractivity contribution in [1.29, 1.82) is 0 Å². The van der Waals surface area contributed by atoms with E-state index in [1.54, 1.807) is 19.2 Å². The third-order valence-corrected chi connectivity index (χ3v) is 3.55. The van der Waals surface area contributed by atoms with Crippen molar-refractivity contribution in [1.82, 2.24) is 5.32 Å². The van der Waals surface area contributed by atoms with Gasteiger partial charge in [0.25, 0.3) is 0 Å². The van der Waals surface area contributed by atoms with Crippen LogP contribution in [0.15, 0.2) is 42.5 Å². The van der Waals surface area contributed by atoms with E-state index in [2.05, 4.69) is 5.32 Å². The number of ether oxygens (including phenoxy) is 2. The van der Waals surface area contributed by atoms with Crippen molar-refractivity contribution in [2.75, 3.05) is 38.3 Å². The molecule has 0 spiro atoms. The van der Waals surface area contributed by atoms with Crippen LogP contribution in [0.25, 0.3) is 0 Å². The van der Waals surface area contributed by atoms with E-state index in [-0.39, 0.29) is 12.5 Å². The molecule has 0 heterocycles. The molecule has 0 aliphatic carbocycles. The number of nitrogens with zero attached hydrogens (tertiary/aromatic N) is 1. The van der Waals surface area contributed by atoms with Crippen LogP contribution in [-0.2, 0) is 4.79 Å². The van der Waals surface area contributed by atoms with Gasteiger partial charge in [-0.3, -0.25) is 4.79 Å². The topological polar surface area (TPSA) is 50.8 Å². The van der Waals surface area contributed by atoms with Crippen molar-refractivity contribution >= 4 is 11.6 Å². The zero-order valence-corrected chi connectivity index (χ0v) is 14.8. The van der Waals surface area contributed by atoms with Crippen molar-refractivity contribution in [3.8, 4) is 11.5 Å². The standard InChI is InChI=1S/C19H22F2N2O3/c1-3-25-15-5-7-16(8-6-15)26-11-10-22-19(24)13-23(2)14-4-9-17(20)18(21)12-14/h4-9,12H,3,10-11,13H2,1-2H3,(H,22,24). The number of rotatable bonds is 9. The van der Waals surface area contributed by atoms with Gasteiger partial charge in [0.15, 0.2) is 11.6 Å². The summed E-state index contributed by atoms with van der Waals surface area (Å²) in [5.74, 6) is -0.654. The number of carbonyl (C=O) groups excluding carboxylic acids is 1. The van der Waals surface area contributed by atoms with Crippen molar-refractivity contribution in [3.63, 3.8) is 0 Å². The number of halogens is 2. The number of amides is 1. The first-order valence-corrected chi connectivity index (χ1v) is 8.28. The SMILES string of the molecule is CCOc1ccc(OCCNC(=O)CN(C)c2ccc(F)c(F)c2)cc1. The summed E-state index contributed by atoms with van der Waals surface area (Å²) in [4.78, 5) is 13.4. The van der Waals surface area contributed by atoms with Gasteiger partial charge in [-0.2, -0.15) is 0 Å². The Morgan fingerprint density at radius 1 is 1.04 bits per heavy atom. The number of likely N-dealkylation sites (N-methyl/N-ethyl adjacent to an activating group) is 1. The lowest BCUT2D eigenvalue weighted by atomic mass is 10.2. The fourth-order valence-corrected chi connectivity index (χ4v) is 2.24. The summed E-state index contributed by atoms with van der Waals surface area (Å²) in [6.07, 6.45) is 0. The molecule has 0 saturated carbocycles. The second-order valence-corrected chi connectivity index (χ2v) is 5.56. The summed E-state index contributed by atoms with van der Waals surface area (Å²) in [7, 11) is 1.63. The van der Waals surface area contributed by atoms with Crippen LogP contribution in [0.1, 0.15) is 6.92 Å². The molecule has 0 atom stereocenters. The summed E-state index contributed by atoms with van der Waals surface area (Å²) in [6.45, 7) is 3.18. The Hall–Kier alpha value is -2.83. The Morgan fingerprint density at radius 3 is 2.31 bits per heavy atom. The Balaban J connectivity index is 1.70. The summed E-state index contributed by atoms with van der Waals surface area (Å²) >= 11 is 0. The van der Waals surface area contributed by atoms with Gasteiger partial charge in [-0.1, -0.05) is 0 Å². The Bertz CT molecular complexity index is 723. The molecule has 0 aliphatic heterocycles. The third kappa shape index (κ3) is 5.91. The highest BCUT2D eigenvalue weighted by molar-refractivity contribution is 5.81. The lowest BCUT2D eigenvalue weighted by molar-refractivity contribution is -0.119. The molecule has 1 amide bonds. The number of carbonyl (C=O) groups is 1. The third-order valence-electron chi connectivity index (χ3n) is 3.55. The van der Waals surface area contributed by atoms with Gasteiger partial charge in [0, 0.05) is 18.8 Å². The van der Waals surface area contributed by atoms with Crippen molar-refractivity contribution < 1.29 is 23.0 Å². The zero-order valence-electron chi connectivity index (χ0n) is 14.8. The molecule has 0 aliphatic rings. The number of hydrogen-bond acceptors (Lipinski definition) is 4. The molecule has 0 saturated heterocycles. The van der Waals surface area contributed by atoms with E-state index < -0.39 is 11.6 Å². The monoisotopic (exact) mass is 364 g/mol. The summed E-state index contributed by atoms with van der Waals surface area (Å²) in [5.41, 5.74) is 0.421. The van der Waals surface area contributed by atoms with E-state index in [1.807, 2.05) is 19.1 Å². The van der Waals surface area contributed by atoms with Crippen LogP contribution in [0.5, 0.6) is 11.5 Å². The molecule has 26 heavy (non-hydrogen) atoms. The molecule has 2 aromatic rings. The van der Waals surface area contributed by atoms with Crippen LogP contribution in [0.3, 0.4) is 0 Å². The highest BCUT2D eigenvalue weighted by atomic mass is 19.2. The molecule has 2 aromatic carbocycles. The second kappa shape index (κ2) is 9.60. The largest absolute Gasteiger partial charge is 0.494 e. The predicted octanol–water partition coefficient (Wildman–Crippen LogP) is 2.99. The molecule has 0 radical (unpaired) electrons. The van der Waals surface area contributed by atoms with Crippen LogP contribution in [-0.4, -0.2) is 39.3 Å². The Kier molecular flexibility index (Phi) is 7.20. The zero-order chi connectivity index (χ0) is 18.9. The highest BCUT2D eigenvalue weighted by Gasteiger charge is 2.10. The predicted molar refractivity (Wildman–Crippen MR) is 95.7 cm³/mol. The lowest BCUT2D eigenvalue weighted by Gasteiger charge is -2.19. The minimum atomic E-state index is -0.946. The van der Waals surface area contributed by atoms with Crippen LogP contribution >= 0.6 is 0 Å². The Labute approximate surface area is 151 Å². The molecule has 1 N–H and O–H groups in total. The highest BCUT2D eigenvalue weighted by Crippen LogP contribution is 2.17. The van der Waals surface area contributed by atoms with Gasteiger partial charge in [0.1, 0.15) is 18.1 Å². The fraction of sp³-hybridized carbons (Fsp3) is 0.316. The van der Waals surface area contributed by atoms with Crippen LogP contribution in [0.2, 0.25) is 0 Å². The van der Waals surface area contributed by atoms with E-state index in [4.69, 9.17) is 9.47 Å². The molecule has 0 fully saturated rings. The average molecular weight is 364 g/mol. The average Bonchev–Trinajstić information content (AvgIpc) is 2.62. The molecular weight excluding hydrogens is 342 g/mol. The van der Waals surface area contributed by atoms with E-state index in [0.29, 0.717) is 31.2 Å². The number of hydrogen-bond donors (Lipinski definition) is 1. The fourth-order valence-electron chi connectivity index (χ4n) is 2.24. The first-order chi connectivity index (χ1) is 12.5. The normalized spacial score (nSPS) is 10.3. The molecule has 0 unspecified atom stereocenters. The molecular formula is C19H22F2N2O3. The van der Waals surface area contributed by atoms with Gasteiger partial charge in [-0.25, -0.2) is 8.78 Å². The Morgan fingerprint density at radius 2 is 1.69 bits per heavy atom. The minimum absolute atomic E-state index is 0.0220. The smallest absolute Gasteiger partial charge is 0.239 e. The van der Waals surface area contributed by atoms with E-state index in [0.717, 1.165) is 17.9 Å². The van der Waals surface area contributed by atoms with Gasteiger partial charge in [-0.05, 0) is 43.3 Å². The molecule has 140 valence electrons. The maximum absolute atomic E-state index is 13.2. The van der Waals surface area contributed by atoms with Crippen LogP contribution in [0, 0.1) is 11.6 Å². The maximum Gasteiger partial charge on any atom is 0.239 e. The summed E-state index contributed by atoms with van der Waals surface area (Å²) < 4.78 is 37.0. The van der Waals surface area contributed by atoms with Gasteiger partial charge in [0.2, 0.25) is 5.91 Å².